The molecule has 5 heteroatoms. The largest absolute Gasteiger partial charge is 0.394 e. The molecule has 0 spiro atoms. The molecule has 3 N–H and O–H groups in total. The Morgan fingerprint density at radius 1 is 1.57 bits per heavy atom. The lowest BCUT2D eigenvalue weighted by Gasteiger charge is -2.13. The normalized spacial score (nSPS) is 12.1. The molecule has 0 aromatic heterocycles. The number of rotatable bonds is 2. The minimum atomic E-state index is -0.757. The van der Waals surface area contributed by atoms with Crippen LogP contribution in [0.2, 0.25) is 5.02 Å². The van der Waals surface area contributed by atoms with Crippen LogP contribution in [0.15, 0.2) is 12.1 Å². The maximum atomic E-state index is 13.2. The van der Waals surface area contributed by atoms with E-state index in [2.05, 4.69) is 0 Å². The zero-order valence-corrected chi connectivity index (χ0v) is 9.20. The Bertz CT molecular complexity index is 320. The van der Waals surface area contributed by atoms with E-state index in [1.807, 2.05) is 0 Å². The van der Waals surface area contributed by atoms with Crippen molar-refractivity contribution in [3.63, 3.8) is 0 Å². The molecule has 0 saturated heterocycles. The second kappa shape index (κ2) is 5.51. The van der Waals surface area contributed by atoms with E-state index in [-0.39, 0.29) is 24.6 Å². The zero-order valence-electron chi connectivity index (χ0n) is 7.63. The molecule has 0 amide bonds. The Morgan fingerprint density at radius 2 is 2.14 bits per heavy atom. The molecule has 0 aliphatic heterocycles. The van der Waals surface area contributed by atoms with Gasteiger partial charge in [0.05, 0.1) is 17.7 Å². The lowest BCUT2D eigenvalue weighted by atomic mass is 10.0. The van der Waals surface area contributed by atoms with E-state index in [4.69, 9.17) is 22.4 Å². The van der Waals surface area contributed by atoms with Crippen molar-refractivity contribution in [2.75, 3.05) is 6.61 Å². The number of hydrogen-bond acceptors (Lipinski definition) is 2. The van der Waals surface area contributed by atoms with Crippen LogP contribution in [0.5, 0.6) is 0 Å². The Labute approximate surface area is 93.3 Å². The number of nitrogens with two attached hydrogens (primary N) is 1. The summed E-state index contributed by atoms with van der Waals surface area (Å²) in [5, 5.41) is 9.07. The van der Waals surface area contributed by atoms with Gasteiger partial charge in [0.15, 0.2) is 0 Å². The second-order valence-corrected chi connectivity index (χ2v) is 3.26. The summed E-state index contributed by atoms with van der Waals surface area (Å²) >= 11 is 5.84. The minimum Gasteiger partial charge on any atom is -0.394 e. The van der Waals surface area contributed by atoms with Crippen LogP contribution in [0.4, 0.5) is 4.39 Å². The predicted molar refractivity (Wildman–Crippen MR) is 57.4 cm³/mol. The maximum absolute atomic E-state index is 13.2. The molecule has 1 atom stereocenters. The third-order valence-corrected chi connectivity index (χ3v) is 2.39. The molecule has 0 saturated carbocycles. The molecule has 1 rings (SSSR count). The van der Waals surface area contributed by atoms with Gasteiger partial charge in [-0.05, 0) is 18.6 Å². The topological polar surface area (TPSA) is 46.2 Å². The Morgan fingerprint density at radius 3 is 2.64 bits per heavy atom. The van der Waals surface area contributed by atoms with Crippen molar-refractivity contribution >= 4 is 24.0 Å². The van der Waals surface area contributed by atoms with Gasteiger partial charge in [-0.2, -0.15) is 0 Å². The van der Waals surface area contributed by atoms with Gasteiger partial charge in [0.2, 0.25) is 0 Å². The highest BCUT2D eigenvalue weighted by Gasteiger charge is 2.15. The van der Waals surface area contributed by atoms with Crippen LogP contribution in [-0.4, -0.2) is 11.7 Å². The summed E-state index contributed by atoms with van der Waals surface area (Å²) < 4.78 is 13.2. The minimum absolute atomic E-state index is 0. The molecule has 2 nitrogen and oxygen atoms in total. The van der Waals surface area contributed by atoms with Crippen LogP contribution in [0.25, 0.3) is 0 Å². The van der Waals surface area contributed by atoms with Crippen molar-refractivity contribution in [1.82, 2.24) is 0 Å². The summed E-state index contributed by atoms with van der Waals surface area (Å²) in [5.41, 5.74) is 6.43. The fraction of sp³-hybridized carbons (Fsp3) is 0.333. The van der Waals surface area contributed by atoms with Crippen molar-refractivity contribution in [2.24, 2.45) is 5.73 Å². The molecule has 0 aliphatic rings. The highest BCUT2D eigenvalue weighted by molar-refractivity contribution is 6.32. The average molecular weight is 240 g/mol. The number of hydrogen-bond donors (Lipinski definition) is 2. The van der Waals surface area contributed by atoms with E-state index in [1.54, 1.807) is 13.0 Å². The average Bonchev–Trinajstić information content (AvgIpc) is 2.12. The highest BCUT2D eigenvalue weighted by Crippen LogP contribution is 2.27. The first-order valence-electron chi connectivity index (χ1n) is 3.89. The van der Waals surface area contributed by atoms with Gasteiger partial charge in [0.25, 0.3) is 0 Å². The predicted octanol–water partition coefficient (Wildman–Crippen LogP) is 2.20. The van der Waals surface area contributed by atoms with E-state index in [0.29, 0.717) is 5.02 Å². The molecular weight excluding hydrogens is 228 g/mol. The van der Waals surface area contributed by atoms with Crippen molar-refractivity contribution in [2.45, 2.75) is 13.0 Å². The third kappa shape index (κ3) is 2.58. The number of aliphatic hydroxyl groups is 1. The van der Waals surface area contributed by atoms with Gasteiger partial charge in [-0.3, -0.25) is 0 Å². The molecule has 0 heterocycles. The Kier molecular flexibility index (Phi) is 5.37. The van der Waals surface area contributed by atoms with Gasteiger partial charge in [0.1, 0.15) is 5.82 Å². The lowest BCUT2D eigenvalue weighted by molar-refractivity contribution is 0.265. The van der Waals surface area contributed by atoms with Crippen LogP contribution < -0.4 is 5.73 Å². The molecule has 0 radical (unpaired) electrons. The summed E-state index contributed by atoms with van der Waals surface area (Å²) in [7, 11) is 0. The van der Waals surface area contributed by atoms with E-state index in [0.717, 1.165) is 5.56 Å². The van der Waals surface area contributed by atoms with Crippen LogP contribution in [0.1, 0.15) is 17.2 Å². The monoisotopic (exact) mass is 239 g/mol. The molecule has 0 aliphatic carbocycles. The van der Waals surface area contributed by atoms with Crippen molar-refractivity contribution < 1.29 is 9.50 Å². The molecule has 80 valence electrons. The molecule has 0 bridgehead atoms. The maximum Gasteiger partial charge on any atom is 0.129 e. The van der Waals surface area contributed by atoms with Gasteiger partial charge < -0.3 is 10.8 Å². The molecule has 1 aromatic rings. The summed E-state index contributed by atoms with van der Waals surface area (Å²) in [6, 6.07) is 2.12. The van der Waals surface area contributed by atoms with Crippen molar-refractivity contribution in [3.8, 4) is 0 Å². The lowest BCUT2D eigenvalue weighted by Crippen LogP contribution is -2.17. The van der Waals surface area contributed by atoms with Crippen molar-refractivity contribution in [3.05, 3.63) is 34.1 Å². The van der Waals surface area contributed by atoms with E-state index < -0.39 is 11.9 Å². The summed E-state index contributed by atoms with van der Waals surface area (Å²) in [6.07, 6.45) is 0. The van der Waals surface area contributed by atoms with Gasteiger partial charge in [-0.15, -0.1) is 12.4 Å². The Hall–Kier alpha value is -0.350. The fourth-order valence-electron chi connectivity index (χ4n) is 1.11. The van der Waals surface area contributed by atoms with Crippen LogP contribution in [-0.2, 0) is 0 Å². The number of aryl methyl sites for hydroxylation is 1. The first-order valence-corrected chi connectivity index (χ1v) is 4.26. The first-order chi connectivity index (χ1) is 6.07. The van der Waals surface area contributed by atoms with Gasteiger partial charge >= 0.3 is 0 Å². The second-order valence-electron chi connectivity index (χ2n) is 2.88. The Balaban J connectivity index is 0.00000169. The quantitative estimate of drug-likeness (QED) is 0.832. The molecule has 0 unspecified atom stereocenters. The number of benzene rings is 1. The summed E-state index contributed by atoms with van der Waals surface area (Å²) in [5.74, 6) is -0.475. The van der Waals surface area contributed by atoms with Gasteiger partial charge in [0, 0.05) is 5.56 Å². The first kappa shape index (κ1) is 13.7. The third-order valence-electron chi connectivity index (χ3n) is 1.89. The summed E-state index contributed by atoms with van der Waals surface area (Å²) in [4.78, 5) is 0. The van der Waals surface area contributed by atoms with E-state index in [9.17, 15) is 4.39 Å². The van der Waals surface area contributed by atoms with Gasteiger partial charge in [-0.1, -0.05) is 17.7 Å². The van der Waals surface area contributed by atoms with E-state index >= 15 is 0 Å². The highest BCUT2D eigenvalue weighted by atomic mass is 35.5. The van der Waals surface area contributed by atoms with Crippen LogP contribution >= 0.6 is 24.0 Å². The van der Waals surface area contributed by atoms with Crippen molar-refractivity contribution in [1.29, 1.82) is 0 Å². The fourth-order valence-corrected chi connectivity index (χ4v) is 1.40. The molecule has 14 heavy (non-hydrogen) atoms. The van der Waals surface area contributed by atoms with Gasteiger partial charge in [-0.25, -0.2) is 4.39 Å². The molecule has 0 fully saturated rings. The number of aliphatic hydroxyl groups excluding tert-OH is 1. The SMILES string of the molecule is Cc1ccc(F)c([C@@H](N)CO)c1Cl.Cl. The molecular formula is C9H12Cl2FNO. The standard InChI is InChI=1S/C9H11ClFNO.ClH/c1-5-2-3-6(11)8(9(5)10)7(12)4-13;/h2-3,7,13H,4,12H2,1H3;1H/t7-;/m0./s1. The van der Waals surface area contributed by atoms with Crippen LogP contribution in [0, 0.1) is 12.7 Å². The van der Waals surface area contributed by atoms with E-state index in [1.165, 1.54) is 6.07 Å². The zero-order chi connectivity index (χ0) is 10.0. The summed E-state index contributed by atoms with van der Waals surface area (Å²) in [6.45, 7) is 1.44. The van der Waals surface area contributed by atoms with Crippen LogP contribution in [0.3, 0.4) is 0 Å². The number of halogens is 3. The molecule has 1 aromatic carbocycles. The smallest absolute Gasteiger partial charge is 0.129 e.